The Morgan fingerprint density at radius 1 is 1.14 bits per heavy atom. The van der Waals surface area contributed by atoms with Gasteiger partial charge in [0.1, 0.15) is 11.6 Å². The smallest absolute Gasteiger partial charge is 0.127 e. The first kappa shape index (κ1) is 13.8. The van der Waals surface area contributed by atoms with E-state index in [0.29, 0.717) is 12.1 Å². The number of rotatable bonds is 5. The summed E-state index contributed by atoms with van der Waals surface area (Å²) >= 11 is 0. The number of halogens is 1. The SMILES string of the molecule is CCC(NCc1nc2ccccc2[nH]1)c1ccccc1F. The van der Waals surface area contributed by atoms with Crippen molar-refractivity contribution in [1.29, 1.82) is 0 Å². The zero-order chi connectivity index (χ0) is 14.7. The van der Waals surface area contributed by atoms with Crippen molar-refractivity contribution in [3.63, 3.8) is 0 Å². The second-order valence-electron chi connectivity index (χ2n) is 5.06. The lowest BCUT2D eigenvalue weighted by atomic mass is 10.0. The number of aromatic nitrogens is 2. The predicted molar refractivity (Wildman–Crippen MR) is 82.4 cm³/mol. The largest absolute Gasteiger partial charge is 0.341 e. The third-order valence-corrected chi connectivity index (χ3v) is 3.64. The summed E-state index contributed by atoms with van der Waals surface area (Å²) in [5.41, 5.74) is 2.68. The van der Waals surface area contributed by atoms with Crippen LogP contribution in [0.1, 0.15) is 30.8 Å². The molecule has 108 valence electrons. The lowest BCUT2D eigenvalue weighted by molar-refractivity contribution is 0.482. The summed E-state index contributed by atoms with van der Waals surface area (Å²) in [6.45, 7) is 2.63. The second kappa shape index (κ2) is 6.06. The summed E-state index contributed by atoms with van der Waals surface area (Å²) in [5.74, 6) is 0.701. The van der Waals surface area contributed by atoms with Gasteiger partial charge in [-0.2, -0.15) is 0 Å². The van der Waals surface area contributed by atoms with Crippen molar-refractivity contribution >= 4 is 11.0 Å². The Hall–Kier alpha value is -2.20. The number of hydrogen-bond donors (Lipinski definition) is 2. The van der Waals surface area contributed by atoms with Crippen LogP contribution in [0.5, 0.6) is 0 Å². The monoisotopic (exact) mass is 283 g/mol. The van der Waals surface area contributed by atoms with E-state index < -0.39 is 0 Å². The Kier molecular flexibility index (Phi) is 3.97. The number of nitrogens with one attached hydrogen (secondary N) is 2. The summed E-state index contributed by atoms with van der Waals surface area (Å²) in [5, 5.41) is 3.37. The zero-order valence-corrected chi connectivity index (χ0v) is 11.9. The molecule has 0 aliphatic rings. The number of hydrogen-bond acceptors (Lipinski definition) is 2. The van der Waals surface area contributed by atoms with Crippen LogP contribution in [0.2, 0.25) is 0 Å². The highest BCUT2D eigenvalue weighted by Crippen LogP contribution is 2.20. The fourth-order valence-corrected chi connectivity index (χ4v) is 2.54. The molecular weight excluding hydrogens is 265 g/mol. The molecular formula is C17H18FN3. The molecule has 3 aromatic rings. The van der Waals surface area contributed by atoms with Crippen molar-refractivity contribution in [3.8, 4) is 0 Å². The highest BCUT2D eigenvalue weighted by atomic mass is 19.1. The molecule has 2 aromatic carbocycles. The fourth-order valence-electron chi connectivity index (χ4n) is 2.54. The van der Waals surface area contributed by atoms with E-state index in [-0.39, 0.29) is 11.9 Å². The van der Waals surface area contributed by atoms with Gasteiger partial charge in [-0.3, -0.25) is 0 Å². The minimum absolute atomic E-state index is 0.0144. The van der Waals surface area contributed by atoms with Crippen LogP contribution in [-0.2, 0) is 6.54 Å². The van der Waals surface area contributed by atoms with E-state index in [1.807, 2.05) is 43.3 Å². The van der Waals surface area contributed by atoms with E-state index >= 15 is 0 Å². The van der Waals surface area contributed by atoms with Gasteiger partial charge in [-0.05, 0) is 24.6 Å². The summed E-state index contributed by atoms with van der Waals surface area (Å²) in [6.07, 6.45) is 0.821. The van der Waals surface area contributed by atoms with Crippen LogP contribution in [0.25, 0.3) is 11.0 Å². The van der Waals surface area contributed by atoms with E-state index in [1.54, 1.807) is 6.07 Å². The topological polar surface area (TPSA) is 40.7 Å². The van der Waals surface area contributed by atoms with Gasteiger partial charge in [0.25, 0.3) is 0 Å². The maximum atomic E-state index is 13.9. The average molecular weight is 283 g/mol. The Balaban J connectivity index is 1.74. The number of benzene rings is 2. The van der Waals surface area contributed by atoms with E-state index in [2.05, 4.69) is 15.3 Å². The fraction of sp³-hybridized carbons (Fsp3) is 0.235. The number of aromatic amines is 1. The molecule has 2 N–H and O–H groups in total. The molecule has 4 heteroatoms. The first-order chi connectivity index (χ1) is 10.3. The predicted octanol–water partition coefficient (Wildman–Crippen LogP) is 3.94. The number of fused-ring (bicyclic) bond motifs is 1. The lowest BCUT2D eigenvalue weighted by Gasteiger charge is -2.17. The van der Waals surface area contributed by atoms with Crippen molar-refractivity contribution in [2.45, 2.75) is 25.9 Å². The molecule has 0 aliphatic heterocycles. The van der Waals surface area contributed by atoms with E-state index in [0.717, 1.165) is 23.3 Å². The Labute approximate surface area is 123 Å². The van der Waals surface area contributed by atoms with E-state index in [1.165, 1.54) is 6.07 Å². The number of para-hydroxylation sites is 2. The zero-order valence-electron chi connectivity index (χ0n) is 11.9. The molecule has 0 saturated carbocycles. The van der Waals surface area contributed by atoms with Gasteiger partial charge in [-0.25, -0.2) is 9.37 Å². The van der Waals surface area contributed by atoms with Gasteiger partial charge in [0.15, 0.2) is 0 Å². The highest BCUT2D eigenvalue weighted by molar-refractivity contribution is 5.74. The van der Waals surface area contributed by atoms with Crippen LogP contribution in [0, 0.1) is 5.82 Å². The summed E-state index contributed by atoms with van der Waals surface area (Å²) in [7, 11) is 0. The average Bonchev–Trinajstić information content (AvgIpc) is 2.92. The van der Waals surface area contributed by atoms with Gasteiger partial charge in [0.2, 0.25) is 0 Å². The molecule has 0 fully saturated rings. The molecule has 21 heavy (non-hydrogen) atoms. The molecule has 1 unspecified atom stereocenters. The third-order valence-electron chi connectivity index (χ3n) is 3.64. The first-order valence-electron chi connectivity index (χ1n) is 7.19. The van der Waals surface area contributed by atoms with Crippen molar-refractivity contribution in [2.24, 2.45) is 0 Å². The van der Waals surface area contributed by atoms with Gasteiger partial charge < -0.3 is 10.3 Å². The van der Waals surface area contributed by atoms with Crippen LogP contribution < -0.4 is 5.32 Å². The highest BCUT2D eigenvalue weighted by Gasteiger charge is 2.13. The molecule has 1 heterocycles. The lowest BCUT2D eigenvalue weighted by Crippen LogP contribution is -2.21. The standard InChI is InChI=1S/C17H18FN3/c1-2-14(12-7-3-4-8-13(12)18)19-11-17-20-15-9-5-6-10-16(15)21-17/h3-10,14,19H,2,11H2,1H3,(H,20,21). The second-order valence-corrected chi connectivity index (χ2v) is 5.06. The minimum atomic E-state index is -0.165. The number of H-pyrrole nitrogens is 1. The Bertz CT molecular complexity index is 702. The summed E-state index contributed by atoms with van der Waals surface area (Å²) < 4.78 is 13.9. The Morgan fingerprint density at radius 2 is 1.90 bits per heavy atom. The molecule has 0 saturated heterocycles. The quantitative estimate of drug-likeness (QED) is 0.744. The number of nitrogens with zero attached hydrogens (tertiary/aromatic N) is 1. The molecule has 0 aliphatic carbocycles. The molecule has 3 nitrogen and oxygen atoms in total. The molecule has 0 spiro atoms. The van der Waals surface area contributed by atoms with Crippen molar-refractivity contribution in [2.75, 3.05) is 0 Å². The van der Waals surface area contributed by atoms with E-state index in [4.69, 9.17) is 0 Å². The molecule has 0 bridgehead atoms. The van der Waals surface area contributed by atoms with Crippen molar-refractivity contribution in [1.82, 2.24) is 15.3 Å². The third kappa shape index (κ3) is 2.95. The molecule has 1 aromatic heterocycles. The van der Waals surface area contributed by atoms with Gasteiger partial charge in [0.05, 0.1) is 17.6 Å². The van der Waals surface area contributed by atoms with Gasteiger partial charge in [-0.15, -0.1) is 0 Å². The summed E-state index contributed by atoms with van der Waals surface area (Å²) in [6, 6.07) is 14.8. The maximum Gasteiger partial charge on any atom is 0.127 e. The normalized spacial score (nSPS) is 12.7. The van der Waals surface area contributed by atoms with Crippen LogP contribution >= 0.6 is 0 Å². The van der Waals surface area contributed by atoms with Crippen LogP contribution in [0.15, 0.2) is 48.5 Å². The Morgan fingerprint density at radius 3 is 2.67 bits per heavy atom. The molecule has 0 amide bonds. The maximum absolute atomic E-state index is 13.9. The minimum Gasteiger partial charge on any atom is -0.341 e. The van der Waals surface area contributed by atoms with Crippen LogP contribution in [0.4, 0.5) is 4.39 Å². The van der Waals surface area contributed by atoms with Crippen LogP contribution in [-0.4, -0.2) is 9.97 Å². The van der Waals surface area contributed by atoms with Crippen LogP contribution in [0.3, 0.4) is 0 Å². The molecule has 1 atom stereocenters. The van der Waals surface area contributed by atoms with Crippen molar-refractivity contribution < 1.29 is 4.39 Å². The van der Waals surface area contributed by atoms with Gasteiger partial charge in [-0.1, -0.05) is 37.3 Å². The summed E-state index contributed by atoms with van der Waals surface area (Å²) in [4.78, 5) is 7.80. The van der Waals surface area contributed by atoms with Gasteiger partial charge in [0, 0.05) is 11.6 Å². The molecule has 3 rings (SSSR count). The van der Waals surface area contributed by atoms with Gasteiger partial charge >= 0.3 is 0 Å². The van der Waals surface area contributed by atoms with E-state index in [9.17, 15) is 4.39 Å². The molecule has 0 radical (unpaired) electrons. The first-order valence-corrected chi connectivity index (χ1v) is 7.19. The number of imidazole rings is 1. The van der Waals surface area contributed by atoms with Crippen molar-refractivity contribution in [3.05, 3.63) is 65.7 Å².